The molecule has 4 heteroatoms. The van der Waals surface area contributed by atoms with Crippen molar-refractivity contribution in [2.75, 3.05) is 0 Å². The van der Waals surface area contributed by atoms with Crippen molar-refractivity contribution in [1.29, 1.82) is 0 Å². The van der Waals surface area contributed by atoms with E-state index in [0.29, 0.717) is 11.3 Å². The fourth-order valence-electron chi connectivity index (χ4n) is 2.76. The van der Waals surface area contributed by atoms with Crippen LogP contribution in [-0.4, -0.2) is 17.2 Å². The molecule has 1 aromatic carbocycles. The molecule has 0 aromatic heterocycles. The zero-order chi connectivity index (χ0) is 15.2. The largest absolute Gasteiger partial charge is 0.490 e. The number of rotatable bonds is 5. The second-order valence-electron chi connectivity index (χ2n) is 5.52. The predicted molar refractivity (Wildman–Crippen MR) is 79.7 cm³/mol. The molecule has 0 bridgehead atoms. The normalized spacial score (nSPS) is 22.4. The van der Waals surface area contributed by atoms with E-state index in [2.05, 4.69) is 6.92 Å². The van der Waals surface area contributed by atoms with Crippen LogP contribution in [0.5, 0.6) is 5.75 Å². The van der Waals surface area contributed by atoms with Crippen molar-refractivity contribution in [2.24, 2.45) is 5.92 Å². The Morgan fingerprint density at radius 2 is 2.10 bits per heavy atom. The summed E-state index contributed by atoms with van der Waals surface area (Å²) in [7, 11) is 0. The van der Waals surface area contributed by atoms with Crippen molar-refractivity contribution in [2.45, 2.75) is 45.1 Å². The molecule has 1 N–H and O–H groups in total. The van der Waals surface area contributed by atoms with Gasteiger partial charge in [0.05, 0.1) is 6.10 Å². The molecule has 1 fully saturated rings. The number of hydrogen-bond acceptors (Lipinski definition) is 2. The van der Waals surface area contributed by atoms with Gasteiger partial charge in [0.25, 0.3) is 0 Å². The van der Waals surface area contributed by atoms with E-state index < -0.39 is 11.8 Å². The van der Waals surface area contributed by atoms with Crippen LogP contribution < -0.4 is 4.74 Å². The number of carbonyl (C=O) groups is 1. The first-order chi connectivity index (χ1) is 10.1. The first kappa shape index (κ1) is 15.5. The molecule has 0 heterocycles. The van der Waals surface area contributed by atoms with E-state index >= 15 is 0 Å². The van der Waals surface area contributed by atoms with Gasteiger partial charge in [-0.2, -0.15) is 0 Å². The number of carboxylic acid groups (broad SMARTS) is 1. The van der Waals surface area contributed by atoms with Gasteiger partial charge < -0.3 is 9.84 Å². The Balaban J connectivity index is 2.07. The number of halogens is 1. The standard InChI is InChI=1S/C17H21FO3/c1-2-12-3-7-15(8-4-12)21-16-9-6-14(18)11-13(16)5-10-17(19)20/h5-6,9-12,15H,2-4,7-8H2,1H3,(H,19,20)/b10-5+. The van der Waals surface area contributed by atoms with Crippen molar-refractivity contribution in [3.05, 3.63) is 35.7 Å². The Hall–Kier alpha value is -1.84. The minimum absolute atomic E-state index is 0.134. The molecule has 0 atom stereocenters. The van der Waals surface area contributed by atoms with Gasteiger partial charge in [0.2, 0.25) is 0 Å². The lowest BCUT2D eigenvalue weighted by Gasteiger charge is -2.28. The van der Waals surface area contributed by atoms with E-state index in [1.165, 1.54) is 24.6 Å². The Morgan fingerprint density at radius 1 is 1.38 bits per heavy atom. The molecule has 2 rings (SSSR count). The minimum Gasteiger partial charge on any atom is -0.490 e. The van der Waals surface area contributed by atoms with Gasteiger partial charge in [0.1, 0.15) is 11.6 Å². The summed E-state index contributed by atoms with van der Waals surface area (Å²) in [5.74, 6) is -0.131. The molecule has 1 saturated carbocycles. The summed E-state index contributed by atoms with van der Waals surface area (Å²) in [6, 6.07) is 4.21. The third kappa shape index (κ3) is 4.59. The summed E-state index contributed by atoms with van der Waals surface area (Å²) in [4.78, 5) is 10.6. The summed E-state index contributed by atoms with van der Waals surface area (Å²) in [6.07, 6.45) is 8.01. The van der Waals surface area contributed by atoms with Crippen LogP contribution in [0, 0.1) is 11.7 Å². The van der Waals surface area contributed by atoms with Crippen molar-refractivity contribution in [1.82, 2.24) is 0 Å². The van der Waals surface area contributed by atoms with Gasteiger partial charge in [-0.3, -0.25) is 0 Å². The molecule has 114 valence electrons. The highest BCUT2D eigenvalue weighted by Crippen LogP contribution is 2.31. The molecule has 1 aliphatic rings. The summed E-state index contributed by atoms with van der Waals surface area (Å²) < 4.78 is 19.3. The smallest absolute Gasteiger partial charge is 0.328 e. The average molecular weight is 292 g/mol. The number of hydrogen-bond donors (Lipinski definition) is 1. The maximum absolute atomic E-state index is 13.3. The van der Waals surface area contributed by atoms with Crippen LogP contribution in [0.15, 0.2) is 24.3 Å². The second kappa shape index (κ2) is 7.25. The Morgan fingerprint density at radius 3 is 2.71 bits per heavy atom. The highest BCUT2D eigenvalue weighted by molar-refractivity contribution is 5.85. The number of carboxylic acids is 1. The van der Waals surface area contributed by atoms with Crippen LogP contribution in [0.2, 0.25) is 0 Å². The minimum atomic E-state index is -1.06. The molecule has 0 unspecified atom stereocenters. The van der Waals surface area contributed by atoms with Crippen LogP contribution in [0.25, 0.3) is 6.08 Å². The van der Waals surface area contributed by atoms with Gasteiger partial charge >= 0.3 is 5.97 Å². The molecular formula is C17H21FO3. The zero-order valence-corrected chi connectivity index (χ0v) is 12.2. The van der Waals surface area contributed by atoms with Crippen LogP contribution in [0.4, 0.5) is 4.39 Å². The van der Waals surface area contributed by atoms with Crippen molar-refractivity contribution >= 4 is 12.0 Å². The Labute approximate surface area is 124 Å². The summed E-state index contributed by atoms with van der Waals surface area (Å²) in [5, 5.41) is 8.69. The molecule has 21 heavy (non-hydrogen) atoms. The molecule has 3 nitrogen and oxygen atoms in total. The highest BCUT2D eigenvalue weighted by atomic mass is 19.1. The molecule has 0 saturated heterocycles. The number of ether oxygens (including phenoxy) is 1. The van der Waals surface area contributed by atoms with Gasteiger partial charge in [-0.05, 0) is 55.9 Å². The monoisotopic (exact) mass is 292 g/mol. The summed E-state index contributed by atoms with van der Waals surface area (Å²) in [5.41, 5.74) is 0.468. The molecule has 0 aliphatic heterocycles. The molecule has 1 aromatic rings. The van der Waals surface area contributed by atoms with Gasteiger partial charge in [-0.25, -0.2) is 9.18 Å². The summed E-state index contributed by atoms with van der Waals surface area (Å²) in [6.45, 7) is 2.21. The predicted octanol–water partition coefficient (Wildman–Crippen LogP) is 4.27. The van der Waals surface area contributed by atoms with E-state index in [1.54, 1.807) is 6.07 Å². The van der Waals surface area contributed by atoms with Crippen LogP contribution >= 0.6 is 0 Å². The Bertz CT molecular complexity index is 517. The molecule has 1 aliphatic carbocycles. The lowest BCUT2D eigenvalue weighted by molar-refractivity contribution is -0.131. The third-order valence-electron chi connectivity index (χ3n) is 4.04. The summed E-state index contributed by atoms with van der Waals surface area (Å²) >= 11 is 0. The van der Waals surface area contributed by atoms with Gasteiger partial charge in [0, 0.05) is 11.6 Å². The van der Waals surface area contributed by atoms with E-state index in [1.807, 2.05) is 0 Å². The highest BCUT2D eigenvalue weighted by Gasteiger charge is 2.21. The fraction of sp³-hybridized carbons (Fsp3) is 0.471. The fourth-order valence-corrected chi connectivity index (χ4v) is 2.76. The molecule has 0 spiro atoms. The molecule has 0 radical (unpaired) electrons. The quantitative estimate of drug-likeness (QED) is 0.824. The topological polar surface area (TPSA) is 46.5 Å². The maximum Gasteiger partial charge on any atom is 0.328 e. The first-order valence-corrected chi connectivity index (χ1v) is 7.45. The molecule has 0 amide bonds. The van der Waals surface area contributed by atoms with E-state index in [-0.39, 0.29) is 6.10 Å². The maximum atomic E-state index is 13.3. The number of benzene rings is 1. The van der Waals surface area contributed by atoms with Crippen LogP contribution in [-0.2, 0) is 4.79 Å². The van der Waals surface area contributed by atoms with Gasteiger partial charge in [0.15, 0.2) is 0 Å². The van der Waals surface area contributed by atoms with Crippen LogP contribution in [0.1, 0.15) is 44.6 Å². The van der Waals surface area contributed by atoms with E-state index in [0.717, 1.165) is 37.7 Å². The first-order valence-electron chi connectivity index (χ1n) is 7.45. The van der Waals surface area contributed by atoms with Crippen molar-refractivity contribution in [3.63, 3.8) is 0 Å². The van der Waals surface area contributed by atoms with E-state index in [9.17, 15) is 9.18 Å². The molecular weight excluding hydrogens is 271 g/mol. The van der Waals surface area contributed by atoms with Crippen molar-refractivity contribution in [3.8, 4) is 5.75 Å². The van der Waals surface area contributed by atoms with Gasteiger partial charge in [-0.1, -0.05) is 13.3 Å². The van der Waals surface area contributed by atoms with Crippen LogP contribution in [0.3, 0.4) is 0 Å². The van der Waals surface area contributed by atoms with Gasteiger partial charge in [-0.15, -0.1) is 0 Å². The number of aliphatic carboxylic acids is 1. The zero-order valence-electron chi connectivity index (χ0n) is 12.2. The SMILES string of the molecule is CCC1CCC(Oc2ccc(F)cc2/C=C/C(=O)O)CC1. The average Bonchev–Trinajstić information content (AvgIpc) is 2.48. The lowest BCUT2D eigenvalue weighted by Crippen LogP contribution is -2.24. The third-order valence-corrected chi connectivity index (χ3v) is 4.04. The Kier molecular flexibility index (Phi) is 5.37. The van der Waals surface area contributed by atoms with Crippen molar-refractivity contribution < 1.29 is 19.0 Å². The lowest BCUT2D eigenvalue weighted by atomic mass is 9.86. The van der Waals surface area contributed by atoms with E-state index in [4.69, 9.17) is 9.84 Å². The second-order valence-corrected chi connectivity index (χ2v) is 5.52.